The predicted molar refractivity (Wildman–Crippen MR) is 119 cm³/mol. The van der Waals surface area contributed by atoms with Crippen LogP contribution in [-0.2, 0) is 6.42 Å². The summed E-state index contributed by atoms with van der Waals surface area (Å²) in [5, 5.41) is 15.0. The van der Waals surface area contributed by atoms with Crippen molar-refractivity contribution in [2.24, 2.45) is 0 Å². The maximum Gasteiger partial charge on any atom is 0.229 e. The van der Waals surface area contributed by atoms with E-state index in [0.29, 0.717) is 40.7 Å². The molecule has 0 saturated carbocycles. The lowest BCUT2D eigenvalue weighted by atomic mass is 10.1. The molecule has 0 atom stereocenters. The number of carbonyl (C=O) groups is 1. The van der Waals surface area contributed by atoms with Crippen molar-refractivity contribution in [1.29, 1.82) is 0 Å². The summed E-state index contributed by atoms with van der Waals surface area (Å²) in [5.41, 5.74) is 4.31. The number of aliphatic hydroxyl groups is 1. The molecule has 31 heavy (non-hydrogen) atoms. The molecule has 0 amide bonds. The number of Topliss-reactive ketones (excluding diaryl/α,β-unsaturated/α-hetero) is 1. The quantitative estimate of drug-likeness (QED) is 0.446. The van der Waals surface area contributed by atoms with Crippen LogP contribution in [0.1, 0.15) is 41.3 Å². The van der Waals surface area contributed by atoms with E-state index in [4.69, 9.17) is 5.11 Å². The van der Waals surface area contributed by atoms with Gasteiger partial charge in [-0.25, -0.2) is 9.37 Å². The predicted octanol–water partition coefficient (Wildman–Crippen LogP) is 5.02. The number of aliphatic hydroxyl groups excluding tert-OH is 1. The van der Waals surface area contributed by atoms with Gasteiger partial charge in [0.1, 0.15) is 5.82 Å². The zero-order valence-corrected chi connectivity index (χ0v) is 17.2. The Balaban J connectivity index is 1.50. The van der Waals surface area contributed by atoms with Gasteiger partial charge < -0.3 is 15.7 Å². The fourth-order valence-corrected chi connectivity index (χ4v) is 3.55. The molecule has 1 aromatic heterocycles. The first kappa shape index (κ1) is 20.7. The Kier molecular flexibility index (Phi) is 6.04. The van der Waals surface area contributed by atoms with E-state index in [1.54, 1.807) is 42.6 Å². The Morgan fingerprint density at radius 1 is 1.19 bits per heavy atom. The maximum atomic E-state index is 14.9. The number of rotatable bonds is 8. The van der Waals surface area contributed by atoms with Gasteiger partial charge in [0, 0.05) is 36.0 Å². The molecular formula is C24H23FN4O2. The number of nitrogens with one attached hydrogen (secondary N) is 2. The number of aromatic nitrogens is 2. The number of ketones is 1. The lowest BCUT2D eigenvalue weighted by Gasteiger charge is -2.11. The van der Waals surface area contributed by atoms with Gasteiger partial charge in [0.2, 0.25) is 5.95 Å². The van der Waals surface area contributed by atoms with Crippen LogP contribution < -0.4 is 10.6 Å². The zero-order chi connectivity index (χ0) is 21.8. The Labute approximate surface area is 179 Å². The van der Waals surface area contributed by atoms with Crippen LogP contribution in [0.4, 0.5) is 27.5 Å². The molecule has 0 fully saturated rings. The molecule has 0 spiro atoms. The number of carbonyl (C=O) groups excluding carboxylic acids is 1. The molecule has 3 N–H and O–H groups in total. The van der Waals surface area contributed by atoms with Gasteiger partial charge in [0.05, 0.1) is 5.69 Å². The van der Waals surface area contributed by atoms with Crippen LogP contribution >= 0.6 is 0 Å². The number of halogens is 1. The van der Waals surface area contributed by atoms with E-state index in [1.165, 1.54) is 0 Å². The van der Waals surface area contributed by atoms with Gasteiger partial charge >= 0.3 is 0 Å². The summed E-state index contributed by atoms with van der Waals surface area (Å²) in [7, 11) is 0. The van der Waals surface area contributed by atoms with Gasteiger partial charge in [-0.05, 0) is 49.6 Å². The minimum atomic E-state index is -0.295. The van der Waals surface area contributed by atoms with Gasteiger partial charge in [-0.2, -0.15) is 4.98 Å². The summed E-state index contributed by atoms with van der Waals surface area (Å²) in [6.45, 7) is 1.97. The van der Waals surface area contributed by atoms with Crippen molar-refractivity contribution < 1.29 is 14.3 Å². The van der Waals surface area contributed by atoms with Crippen LogP contribution in [0.5, 0.6) is 0 Å². The number of benzene rings is 2. The third-order valence-corrected chi connectivity index (χ3v) is 5.05. The molecule has 0 radical (unpaired) electrons. The fraction of sp³-hybridized carbons (Fsp3) is 0.208. The second-order valence-corrected chi connectivity index (χ2v) is 7.51. The summed E-state index contributed by atoms with van der Waals surface area (Å²) in [4.78, 5) is 20.8. The van der Waals surface area contributed by atoms with Crippen molar-refractivity contribution in [3.63, 3.8) is 0 Å². The minimum Gasteiger partial charge on any atom is -0.396 e. The number of hydrogen-bond acceptors (Lipinski definition) is 6. The Bertz CT molecular complexity index is 1160. The molecule has 7 heteroatoms. The first-order valence-corrected chi connectivity index (χ1v) is 10.1. The highest BCUT2D eigenvalue weighted by Crippen LogP contribution is 2.32. The van der Waals surface area contributed by atoms with E-state index in [1.807, 2.05) is 19.1 Å². The molecule has 1 aliphatic carbocycles. The second kappa shape index (κ2) is 9.06. The van der Waals surface area contributed by atoms with Crippen molar-refractivity contribution in [2.75, 3.05) is 17.2 Å². The van der Waals surface area contributed by atoms with Crippen molar-refractivity contribution in [3.05, 3.63) is 76.7 Å². The number of anilines is 4. The molecule has 3 aromatic rings. The Morgan fingerprint density at radius 2 is 2.06 bits per heavy atom. The van der Waals surface area contributed by atoms with Crippen molar-refractivity contribution in [1.82, 2.24) is 9.97 Å². The van der Waals surface area contributed by atoms with Crippen molar-refractivity contribution in [3.8, 4) is 0 Å². The molecule has 0 bridgehead atoms. The van der Waals surface area contributed by atoms with E-state index in [9.17, 15) is 9.18 Å². The first-order valence-electron chi connectivity index (χ1n) is 10.1. The molecule has 1 heterocycles. The molecule has 2 aromatic carbocycles. The van der Waals surface area contributed by atoms with Crippen LogP contribution in [-0.4, -0.2) is 27.5 Å². The molecule has 158 valence electrons. The Morgan fingerprint density at radius 3 is 2.90 bits per heavy atom. The monoisotopic (exact) mass is 418 g/mol. The standard InChI is InChI=1S/C24H23FN4O2/c1-15-12-16-7-8-20(23(25)19(16)13-15)28-22-9-10-26-24(29-22)27-18-5-2-4-17(14-18)21(31)6-3-11-30/h2,4-5,7-10,13-14,30H,3,6,11-12H2,1H3,(H2,26,27,28,29). The SMILES string of the molecule is CC1=Cc2c(ccc(Nc3ccnc(Nc4cccc(C(=O)CCCO)c4)n3)c2F)C1. The summed E-state index contributed by atoms with van der Waals surface area (Å²) in [6.07, 6.45) is 4.94. The number of hydrogen-bond donors (Lipinski definition) is 3. The van der Waals surface area contributed by atoms with Gasteiger partial charge in [-0.1, -0.05) is 29.8 Å². The summed E-state index contributed by atoms with van der Waals surface area (Å²) in [6, 6.07) is 12.3. The summed E-state index contributed by atoms with van der Waals surface area (Å²) in [5.74, 6) is 0.439. The highest BCUT2D eigenvalue weighted by atomic mass is 19.1. The molecular weight excluding hydrogens is 395 g/mol. The fourth-order valence-electron chi connectivity index (χ4n) is 3.55. The lowest BCUT2D eigenvalue weighted by molar-refractivity contribution is 0.0971. The van der Waals surface area contributed by atoms with Gasteiger partial charge in [0.15, 0.2) is 11.6 Å². The average molecular weight is 418 g/mol. The summed E-state index contributed by atoms with van der Waals surface area (Å²) >= 11 is 0. The molecule has 0 saturated heterocycles. The normalized spacial score (nSPS) is 12.3. The third kappa shape index (κ3) is 4.78. The van der Waals surface area contributed by atoms with Crippen LogP contribution in [0.2, 0.25) is 0 Å². The van der Waals surface area contributed by atoms with Crippen LogP contribution in [0.15, 0.2) is 54.2 Å². The lowest BCUT2D eigenvalue weighted by Crippen LogP contribution is -2.04. The molecule has 1 aliphatic rings. The third-order valence-electron chi connectivity index (χ3n) is 5.05. The van der Waals surface area contributed by atoms with E-state index in [2.05, 4.69) is 20.6 Å². The minimum absolute atomic E-state index is 0.0159. The van der Waals surface area contributed by atoms with Crippen molar-refractivity contribution in [2.45, 2.75) is 26.2 Å². The molecule has 6 nitrogen and oxygen atoms in total. The van der Waals surface area contributed by atoms with Gasteiger partial charge in [0.25, 0.3) is 0 Å². The van der Waals surface area contributed by atoms with Crippen molar-refractivity contribution >= 4 is 35.0 Å². The number of nitrogens with zero attached hydrogens (tertiary/aromatic N) is 2. The summed E-state index contributed by atoms with van der Waals surface area (Å²) < 4.78 is 14.9. The Hall–Kier alpha value is -3.58. The second-order valence-electron chi connectivity index (χ2n) is 7.51. The highest BCUT2D eigenvalue weighted by Gasteiger charge is 2.17. The van der Waals surface area contributed by atoms with E-state index >= 15 is 0 Å². The van der Waals surface area contributed by atoms with Gasteiger partial charge in [-0.3, -0.25) is 4.79 Å². The highest BCUT2D eigenvalue weighted by molar-refractivity contribution is 5.97. The average Bonchev–Trinajstić information content (AvgIpc) is 3.16. The zero-order valence-electron chi connectivity index (χ0n) is 17.2. The van der Waals surface area contributed by atoms with Crippen LogP contribution in [0.25, 0.3) is 6.08 Å². The largest absolute Gasteiger partial charge is 0.396 e. The van der Waals surface area contributed by atoms with E-state index in [-0.39, 0.29) is 24.6 Å². The topological polar surface area (TPSA) is 87.1 Å². The number of fused-ring (bicyclic) bond motifs is 1. The van der Waals surface area contributed by atoms with Crippen LogP contribution in [0, 0.1) is 5.82 Å². The smallest absolute Gasteiger partial charge is 0.229 e. The first-order chi connectivity index (χ1) is 15.0. The molecule has 4 rings (SSSR count). The van der Waals surface area contributed by atoms with Gasteiger partial charge in [-0.15, -0.1) is 0 Å². The maximum absolute atomic E-state index is 14.9. The number of allylic oxidation sites excluding steroid dienone is 1. The van der Waals surface area contributed by atoms with E-state index in [0.717, 1.165) is 17.6 Å². The molecule has 0 unspecified atom stereocenters. The van der Waals surface area contributed by atoms with Crippen LogP contribution in [0.3, 0.4) is 0 Å². The van der Waals surface area contributed by atoms with E-state index < -0.39 is 0 Å². The molecule has 0 aliphatic heterocycles.